The predicted octanol–water partition coefficient (Wildman–Crippen LogP) is 2.98. The van der Waals surface area contributed by atoms with Gasteiger partial charge < -0.3 is 5.32 Å². The van der Waals surface area contributed by atoms with Gasteiger partial charge in [0.2, 0.25) is 0 Å². The molecule has 0 unspecified atom stereocenters. The highest BCUT2D eigenvalue weighted by Crippen LogP contribution is 2.28. The van der Waals surface area contributed by atoms with Crippen LogP contribution in [0.2, 0.25) is 0 Å². The Morgan fingerprint density at radius 2 is 1.94 bits per heavy atom. The van der Waals surface area contributed by atoms with Crippen LogP contribution in [0.15, 0.2) is 23.8 Å². The van der Waals surface area contributed by atoms with Gasteiger partial charge in [0.05, 0.1) is 6.57 Å². The average molecular weight is 234 g/mol. The minimum atomic E-state index is -0.665. The molecule has 0 aromatic heterocycles. The summed E-state index contributed by atoms with van der Waals surface area (Å²) in [5.74, 6) is -1.28. The van der Waals surface area contributed by atoms with Gasteiger partial charge in [-0.05, 0) is 32.0 Å². The molecule has 1 saturated heterocycles. The number of nitrogens with one attached hydrogen (secondary N) is 1. The second-order valence-electron chi connectivity index (χ2n) is 3.94. The van der Waals surface area contributed by atoms with Crippen molar-refractivity contribution in [3.05, 3.63) is 52.4 Å². The second-order valence-corrected chi connectivity index (χ2v) is 3.94. The molecule has 0 saturated carbocycles. The second kappa shape index (κ2) is 5.07. The molecule has 4 heteroatoms. The third kappa shape index (κ3) is 2.51. The quantitative estimate of drug-likeness (QED) is 0.739. The zero-order valence-electron chi connectivity index (χ0n) is 9.26. The normalized spacial score (nSPS) is 15.5. The highest BCUT2D eigenvalue weighted by atomic mass is 19.1. The molecule has 0 atom stereocenters. The summed E-state index contributed by atoms with van der Waals surface area (Å²) in [4.78, 5) is 3.41. The van der Waals surface area contributed by atoms with Crippen LogP contribution in [-0.4, -0.2) is 13.1 Å². The average Bonchev–Trinajstić information content (AvgIpc) is 2.34. The minimum absolute atomic E-state index is 0.207. The van der Waals surface area contributed by atoms with Crippen molar-refractivity contribution in [2.75, 3.05) is 13.1 Å². The highest BCUT2D eigenvalue weighted by molar-refractivity contribution is 5.74. The summed E-state index contributed by atoms with van der Waals surface area (Å²) < 4.78 is 26.4. The first-order chi connectivity index (χ1) is 8.22. The van der Waals surface area contributed by atoms with Crippen LogP contribution in [0.1, 0.15) is 18.4 Å². The zero-order chi connectivity index (χ0) is 12.3. The summed E-state index contributed by atoms with van der Waals surface area (Å²) >= 11 is 0. The molecule has 1 heterocycles. The number of benzene rings is 1. The van der Waals surface area contributed by atoms with Crippen LogP contribution in [0.5, 0.6) is 0 Å². The molecular weight excluding hydrogens is 222 g/mol. The number of halogens is 2. The van der Waals surface area contributed by atoms with Crippen LogP contribution in [0.4, 0.5) is 8.78 Å². The van der Waals surface area contributed by atoms with Crippen LogP contribution < -0.4 is 5.32 Å². The van der Waals surface area contributed by atoms with Gasteiger partial charge >= 0.3 is 0 Å². The maximum absolute atomic E-state index is 13.6. The number of rotatable bonds is 1. The molecule has 88 valence electrons. The van der Waals surface area contributed by atoms with Crippen LogP contribution >= 0.6 is 0 Å². The molecule has 1 aromatic carbocycles. The Bertz CT molecular complexity index is 493. The smallest absolute Gasteiger partial charge is 0.196 e. The van der Waals surface area contributed by atoms with Crippen molar-refractivity contribution < 1.29 is 8.78 Å². The van der Waals surface area contributed by atoms with Crippen molar-refractivity contribution in [3.63, 3.8) is 0 Å². The minimum Gasteiger partial charge on any atom is -0.316 e. The van der Waals surface area contributed by atoms with Crippen molar-refractivity contribution in [2.45, 2.75) is 12.8 Å². The van der Waals surface area contributed by atoms with E-state index in [1.54, 1.807) is 0 Å². The predicted molar refractivity (Wildman–Crippen MR) is 62.0 cm³/mol. The van der Waals surface area contributed by atoms with Gasteiger partial charge in [0.1, 0.15) is 11.6 Å². The number of hydrogen-bond donors (Lipinski definition) is 1. The first-order valence-corrected chi connectivity index (χ1v) is 5.48. The summed E-state index contributed by atoms with van der Waals surface area (Å²) in [5, 5.41) is 3.18. The molecule has 0 radical (unpaired) electrons. The maximum Gasteiger partial charge on any atom is 0.196 e. The van der Waals surface area contributed by atoms with Crippen molar-refractivity contribution in [2.24, 2.45) is 0 Å². The summed E-state index contributed by atoms with van der Waals surface area (Å²) in [6, 6.07) is 3.35. The molecule has 17 heavy (non-hydrogen) atoms. The molecule has 1 aliphatic rings. The molecule has 0 amide bonds. The summed E-state index contributed by atoms with van der Waals surface area (Å²) in [6.07, 6.45) is 1.49. The molecule has 0 bridgehead atoms. The first kappa shape index (κ1) is 11.7. The van der Waals surface area contributed by atoms with Crippen LogP contribution in [0, 0.1) is 18.2 Å². The van der Waals surface area contributed by atoms with Crippen molar-refractivity contribution in [1.82, 2.24) is 5.32 Å². The molecular formula is C13H12F2N2. The molecule has 0 spiro atoms. The molecule has 2 rings (SSSR count). The third-order valence-electron chi connectivity index (χ3n) is 2.84. The Morgan fingerprint density at radius 3 is 2.53 bits per heavy atom. The SMILES string of the molecule is [C-]#[N+]C(=C1CCNCC1)c1ccc(F)cc1F. The van der Waals surface area contributed by atoms with Gasteiger partial charge in [-0.25, -0.2) is 13.6 Å². The van der Waals surface area contributed by atoms with E-state index in [2.05, 4.69) is 10.2 Å². The number of nitrogens with zero attached hydrogens (tertiary/aromatic N) is 1. The van der Waals surface area contributed by atoms with Gasteiger partial charge in [-0.15, -0.1) is 0 Å². The van der Waals surface area contributed by atoms with Gasteiger partial charge in [0, 0.05) is 11.6 Å². The first-order valence-electron chi connectivity index (χ1n) is 5.48. The van der Waals surface area contributed by atoms with Crippen molar-refractivity contribution in [1.29, 1.82) is 0 Å². The lowest BCUT2D eigenvalue weighted by Gasteiger charge is -2.17. The molecule has 2 nitrogen and oxygen atoms in total. The van der Waals surface area contributed by atoms with Gasteiger partial charge in [-0.3, -0.25) is 0 Å². The zero-order valence-corrected chi connectivity index (χ0v) is 9.26. The monoisotopic (exact) mass is 234 g/mol. The lowest BCUT2D eigenvalue weighted by molar-refractivity contribution is 0.579. The Morgan fingerprint density at radius 1 is 1.24 bits per heavy atom. The van der Waals surface area contributed by atoms with E-state index < -0.39 is 11.6 Å². The topological polar surface area (TPSA) is 16.4 Å². The molecule has 1 N–H and O–H groups in total. The van der Waals surface area contributed by atoms with E-state index in [1.165, 1.54) is 12.1 Å². The van der Waals surface area contributed by atoms with Gasteiger partial charge in [-0.1, -0.05) is 11.6 Å². The summed E-state index contributed by atoms with van der Waals surface area (Å²) in [7, 11) is 0. The van der Waals surface area contributed by atoms with E-state index in [1.807, 2.05) is 0 Å². The van der Waals surface area contributed by atoms with Gasteiger partial charge in [0.15, 0.2) is 5.70 Å². The maximum atomic E-state index is 13.6. The van der Waals surface area contributed by atoms with Gasteiger partial charge in [0.25, 0.3) is 0 Å². The molecule has 1 aliphatic heterocycles. The Kier molecular flexibility index (Phi) is 3.50. The Hall–Kier alpha value is -1.73. The molecule has 1 fully saturated rings. The Balaban J connectivity index is 2.45. The van der Waals surface area contributed by atoms with E-state index in [0.29, 0.717) is 5.70 Å². The number of hydrogen-bond acceptors (Lipinski definition) is 1. The van der Waals surface area contributed by atoms with E-state index >= 15 is 0 Å². The lowest BCUT2D eigenvalue weighted by atomic mass is 9.99. The summed E-state index contributed by atoms with van der Waals surface area (Å²) in [6.45, 7) is 8.78. The third-order valence-corrected chi connectivity index (χ3v) is 2.84. The largest absolute Gasteiger partial charge is 0.316 e. The Labute approximate surface area is 98.8 Å². The molecule has 1 aromatic rings. The van der Waals surface area contributed by atoms with E-state index in [-0.39, 0.29) is 5.56 Å². The van der Waals surface area contributed by atoms with E-state index in [9.17, 15) is 8.78 Å². The van der Waals surface area contributed by atoms with Crippen LogP contribution in [0.25, 0.3) is 10.5 Å². The molecule has 0 aliphatic carbocycles. The summed E-state index contributed by atoms with van der Waals surface area (Å²) in [5.41, 5.74) is 1.49. The highest BCUT2D eigenvalue weighted by Gasteiger charge is 2.16. The van der Waals surface area contributed by atoms with Crippen molar-refractivity contribution in [3.8, 4) is 0 Å². The van der Waals surface area contributed by atoms with E-state index in [4.69, 9.17) is 6.57 Å². The standard InChI is InChI=1S/C13H12F2N2/c1-16-13(9-4-6-17-7-5-9)11-3-2-10(14)8-12(11)15/h2-3,8,17H,4-7H2. The van der Waals surface area contributed by atoms with Crippen LogP contribution in [0.3, 0.4) is 0 Å². The van der Waals surface area contributed by atoms with Gasteiger partial charge in [-0.2, -0.15) is 0 Å². The fourth-order valence-electron chi connectivity index (χ4n) is 1.98. The number of piperidine rings is 1. The fourth-order valence-corrected chi connectivity index (χ4v) is 1.98. The fraction of sp³-hybridized carbons (Fsp3) is 0.308. The lowest BCUT2D eigenvalue weighted by Crippen LogP contribution is -2.23. The van der Waals surface area contributed by atoms with E-state index in [0.717, 1.165) is 37.6 Å². The van der Waals surface area contributed by atoms with Crippen molar-refractivity contribution >= 4 is 5.70 Å². The van der Waals surface area contributed by atoms with Crippen LogP contribution in [-0.2, 0) is 0 Å².